The van der Waals surface area contributed by atoms with E-state index in [1.54, 1.807) is 18.2 Å². The molecule has 0 atom stereocenters. The van der Waals surface area contributed by atoms with Crippen LogP contribution in [0.25, 0.3) is 0 Å². The van der Waals surface area contributed by atoms with Crippen molar-refractivity contribution in [1.29, 1.82) is 0 Å². The van der Waals surface area contributed by atoms with E-state index < -0.39 is 5.54 Å². The molecule has 21 heavy (non-hydrogen) atoms. The molecule has 0 aliphatic carbocycles. The fraction of sp³-hybridized carbons (Fsp3) is 0.562. The Kier molecular flexibility index (Phi) is 4.96. The fourth-order valence-corrected chi connectivity index (χ4v) is 2.78. The summed E-state index contributed by atoms with van der Waals surface area (Å²) in [5, 5.41) is 3.28. The third-order valence-electron chi connectivity index (χ3n) is 4.14. The van der Waals surface area contributed by atoms with Crippen LogP contribution >= 0.6 is 0 Å². The second-order valence-corrected chi connectivity index (χ2v) is 5.80. The maximum Gasteiger partial charge on any atom is 0.247 e. The zero-order valence-electron chi connectivity index (χ0n) is 13.0. The smallest absolute Gasteiger partial charge is 0.247 e. The molecule has 1 aliphatic rings. The number of hydrogen-bond acceptors (Lipinski definition) is 3. The normalized spacial score (nSPS) is 16.8. The van der Waals surface area contributed by atoms with Crippen molar-refractivity contribution in [3.05, 3.63) is 30.1 Å². The van der Waals surface area contributed by atoms with Crippen LogP contribution in [0, 0.1) is 5.82 Å². The van der Waals surface area contributed by atoms with Gasteiger partial charge in [-0.15, -0.1) is 0 Å². The van der Waals surface area contributed by atoms with Crippen LogP contribution in [-0.4, -0.2) is 49.1 Å². The summed E-state index contributed by atoms with van der Waals surface area (Å²) in [5.41, 5.74) is -0.284. The van der Waals surface area contributed by atoms with Crippen LogP contribution < -0.4 is 10.2 Å². The number of piperazine rings is 1. The summed E-state index contributed by atoms with van der Waals surface area (Å²) in [5.74, 6) is -0.416. The molecule has 0 saturated carbocycles. The van der Waals surface area contributed by atoms with Crippen molar-refractivity contribution < 1.29 is 9.18 Å². The molecule has 1 saturated heterocycles. The molecule has 2 rings (SSSR count). The van der Waals surface area contributed by atoms with Gasteiger partial charge in [0.15, 0.2) is 0 Å². The average Bonchev–Trinajstić information content (AvgIpc) is 2.50. The number of anilines is 1. The van der Waals surface area contributed by atoms with Crippen molar-refractivity contribution in [2.75, 3.05) is 37.6 Å². The second-order valence-electron chi connectivity index (χ2n) is 5.80. The van der Waals surface area contributed by atoms with E-state index in [0.717, 1.165) is 26.2 Å². The first-order valence-electron chi connectivity index (χ1n) is 7.50. The van der Waals surface area contributed by atoms with Gasteiger partial charge in [-0.3, -0.25) is 9.69 Å². The van der Waals surface area contributed by atoms with Gasteiger partial charge in [-0.25, -0.2) is 4.39 Å². The quantitative estimate of drug-likeness (QED) is 0.920. The second kappa shape index (κ2) is 6.54. The van der Waals surface area contributed by atoms with E-state index in [-0.39, 0.29) is 11.7 Å². The van der Waals surface area contributed by atoms with Crippen LogP contribution in [0.3, 0.4) is 0 Å². The molecular weight excluding hydrogens is 269 g/mol. The Labute approximate surface area is 125 Å². The Bertz CT molecular complexity index is 498. The molecule has 116 valence electrons. The number of halogens is 1. The Morgan fingerprint density at radius 3 is 2.52 bits per heavy atom. The molecule has 0 radical (unpaired) electrons. The molecule has 1 aromatic rings. The van der Waals surface area contributed by atoms with Crippen molar-refractivity contribution in [2.24, 2.45) is 0 Å². The van der Waals surface area contributed by atoms with Crippen LogP contribution in [0.1, 0.15) is 20.8 Å². The van der Waals surface area contributed by atoms with Crippen molar-refractivity contribution in [1.82, 2.24) is 10.2 Å². The number of nitrogens with one attached hydrogen (secondary N) is 1. The molecule has 1 heterocycles. The minimum absolute atomic E-state index is 0.0583. The summed E-state index contributed by atoms with van der Waals surface area (Å²) in [6.07, 6.45) is 0. The molecule has 1 aliphatic heterocycles. The number of nitrogens with zero attached hydrogens (tertiary/aromatic N) is 2. The monoisotopic (exact) mass is 293 g/mol. The van der Waals surface area contributed by atoms with E-state index in [1.807, 2.05) is 20.8 Å². The molecule has 0 bridgehead atoms. The standard InChI is InChI=1S/C16H24FN3O/c1-4-20(14-8-6-5-7-13(14)17)15(21)16(2,3)19-11-9-18-10-12-19/h5-8,18H,4,9-12H2,1-3H3. The number of carbonyl (C=O) groups is 1. The summed E-state index contributed by atoms with van der Waals surface area (Å²) in [6, 6.07) is 6.44. The Morgan fingerprint density at radius 2 is 1.95 bits per heavy atom. The Morgan fingerprint density at radius 1 is 1.33 bits per heavy atom. The maximum atomic E-state index is 14.0. The molecule has 1 amide bonds. The maximum absolute atomic E-state index is 14.0. The van der Waals surface area contributed by atoms with Gasteiger partial charge < -0.3 is 10.2 Å². The fourth-order valence-electron chi connectivity index (χ4n) is 2.78. The van der Waals surface area contributed by atoms with Gasteiger partial charge in [-0.2, -0.15) is 0 Å². The number of benzene rings is 1. The number of para-hydroxylation sites is 1. The van der Waals surface area contributed by atoms with Crippen molar-refractivity contribution in [3.8, 4) is 0 Å². The molecule has 0 aromatic heterocycles. The van der Waals surface area contributed by atoms with Crippen LogP contribution in [0.15, 0.2) is 24.3 Å². The zero-order chi connectivity index (χ0) is 15.5. The van der Waals surface area contributed by atoms with E-state index >= 15 is 0 Å². The third-order valence-corrected chi connectivity index (χ3v) is 4.14. The van der Waals surface area contributed by atoms with E-state index in [0.29, 0.717) is 12.2 Å². The lowest BCUT2D eigenvalue weighted by atomic mass is 9.99. The molecule has 5 heteroatoms. The van der Waals surface area contributed by atoms with E-state index in [1.165, 1.54) is 11.0 Å². The van der Waals surface area contributed by atoms with Gasteiger partial charge >= 0.3 is 0 Å². The molecule has 1 N–H and O–H groups in total. The SMILES string of the molecule is CCN(C(=O)C(C)(C)N1CCNCC1)c1ccccc1F. The predicted octanol–water partition coefficient (Wildman–Crippen LogP) is 1.86. The van der Waals surface area contributed by atoms with Crippen LogP contribution in [0.2, 0.25) is 0 Å². The number of amides is 1. The predicted molar refractivity (Wildman–Crippen MR) is 82.9 cm³/mol. The summed E-state index contributed by atoms with van der Waals surface area (Å²) >= 11 is 0. The Hall–Kier alpha value is -1.46. The highest BCUT2D eigenvalue weighted by Crippen LogP contribution is 2.25. The third kappa shape index (κ3) is 3.24. The van der Waals surface area contributed by atoms with Crippen molar-refractivity contribution in [3.63, 3.8) is 0 Å². The summed E-state index contributed by atoms with van der Waals surface area (Å²) in [6.45, 7) is 9.58. The van der Waals surface area contributed by atoms with Crippen LogP contribution in [0.5, 0.6) is 0 Å². The molecule has 1 aromatic carbocycles. The average molecular weight is 293 g/mol. The topological polar surface area (TPSA) is 35.6 Å². The van der Waals surface area contributed by atoms with Crippen molar-refractivity contribution >= 4 is 11.6 Å². The van der Waals surface area contributed by atoms with E-state index in [9.17, 15) is 9.18 Å². The first-order valence-corrected chi connectivity index (χ1v) is 7.50. The molecule has 4 nitrogen and oxygen atoms in total. The molecule has 0 spiro atoms. The lowest BCUT2D eigenvalue weighted by molar-refractivity contribution is -0.129. The van der Waals surface area contributed by atoms with Gasteiger partial charge in [0, 0.05) is 32.7 Å². The van der Waals surface area contributed by atoms with Gasteiger partial charge in [0.1, 0.15) is 5.82 Å². The molecular formula is C16H24FN3O. The number of carbonyl (C=O) groups excluding carboxylic acids is 1. The number of likely N-dealkylation sites (N-methyl/N-ethyl adjacent to an activating group) is 1. The van der Waals surface area contributed by atoms with Crippen LogP contribution in [-0.2, 0) is 4.79 Å². The van der Waals surface area contributed by atoms with E-state index in [2.05, 4.69) is 10.2 Å². The van der Waals surface area contributed by atoms with Gasteiger partial charge in [-0.1, -0.05) is 12.1 Å². The summed E-state index contributed by atoms with van der Waals surface area (Å²) in [4.78, 5) is 16.6. The van der Waals surface area contributed by atoms with Gasteiger partial charge in [-0.05, 0) is 32.9 Å². The summed E-state index contributed by atoms with van der Waals surface area (Å²) in [7, 11) is 0. The largest absolute Gasteiger partial charge is 0.314 e. The van der Waals surface area contributed by atoms with E-state index in [4.69, 9.17) is 0 Å². The zero-order valence-corrected chi connectivity index (χ0v) is 13.0. The lowest BCUT2D eigenvalue weighted by Crippen LogP contribution is -2.60. The Balaban J connectivity index is 2.25. The van der Waals surface area contributed by atoms with Crippen molar-refractivity contribution in [2.45, 2.75) is 26.3 Å². The molecule has 0 unspecified atom stereocenters. The number of hydrogen-bond donors (Lipinski definition) is 1. The number of rotatable bonds is 4. The molecule has 1 fully saturated rings. The highest BCUT2D eigenvalue weighted by Gasteiger charge is 2.38. The first-order chi connectivity index (χ1) is 9.98. The van der Waals surface area contributed by atoms with Crippen LogP contribution in [0.4, 0.5) is 10.1 Å². The van der Waals surface area contributed by atoms with Gasteiger partial charge in [0.25, 0.3) is 0 Å². The lowest BCUT2D eigenvalue weighted by Gasteiger charge is -2.42. The van der Waals surface area contributed by atoms with Gasteiger partial charge in [0.05, 0.1) is 11.2 Å². The summed E-state index contributed by atoms with van der Waals surface area (Å²) < 4.78 is 14.0. The minimum atomic E-state index is -0.639. The minimum Gasteiger partial charge on any atom is -0.314 e. The highest BCUT2D eigenvalue weighted by molar-refractivity contribution is 5.99. The highest BCUT2D eigenvalue weighted by atomic mass is 19.1. The first kappa shape index (κ1) is 15.9. The van der Waals surface area contributed by atoms with Gasteiger partial charge in [0.2, 0.25) is 5.91 Å².